The molecule has 1 amide bonds. The Hall–Kier alpha value is -1.21. The summed E-state index contributed by atoms with van der Waals surface area (Å²) in [4.78, 5) is 12.0. The zero-order valence-electron chi connectivity index (χ0n) is 13.4. The third kappa shape index (κ3) is 6.06. The maximum Gasteiger partial charge on any atom is 0.233 e. The number of hydrogen-bond acceptors (Lipinski definition) is 5. The third-order valence-corrected chi connectivity index (χ3v) is 6.57. The molecule has 1 heterocycles. The van der Waals surface area contributed by atoms with Gasteiger partial charge in [-0.25, -0.2) is 8.42 Å². The molecule has 2 atom stereocenters. The van der Waals surface area contributed by atoms with E-state index in [0.717, 1.165) is 5.75 Å². The molecule has 128 valence electrons. The van der Waals surface area contributed by atoms with Gasteiger partial charge in [0.15, 0.2) is 9.84 Å². The number of benzene rings is 1. The third-order valence-electron chi connectivity index (χ3n) is 3.69. The van der Waals surface area contributed by atoms with Crippen molar-refractivity contribution in [2.45, 2.75) is 31.6 Å². The van der Waals surface area contributed by atoms with Crippen molar-refractivity contribution in [2.75, 3.05) is 23.9 Å². The van der Waals surface area contributed by atoms with Crippen LogP contribution in [0.1, 0.15) is 18.9 Å². The van der Waals surface area contributed by atoms with Gasteiger partial charge in [-0.3, -0.25) is 4.79 Å². The molecule has 0 unspecified atom stereocenters. The van der Waals surface area contributed by atoms with E-state index in [1.54, 1.807) is 0 Å². The minimum absolute atomic E-state index is 0.0622. The van der Waals surface area contributed by atoms with E-state index < -0.39 is 9.84 Å². The van der Waals surface area contributed by atoms with E-state index in [1.807, 2.05) is 38.1 Å². The van der Waals surface area contributed by atoms with Crippen LogP contribution in [-0.4, -0.2) is 49.5 Å². The molecule has 0 bridgehead atoms. The number of rotatable bonds is 7. The number of nitrogens with one attached hydrogen (secondary N) is 1. The average molecular weight is 357 g/mol. The van der Waals surface area contributed by atoms with E-state index in [2.05, 4.69) is 5.32 Å². The van der Waals surface area contributed by atoms with Gasteiger partial charge in [0.2, 0.25) is 5.91 Å². The van der Waals surface area contributed by atoms with Crippen LogP contribution >= 0.6 is 11.8 Å². The standard InChI is InChI=1S/C16H23NO4S2/c1-12-3-5-15(6-4-12)21-8-9-22-13(2)16(18)17-14-7-10-23(19,20)11-14/h3-6,13-14H,7-11H2,1-2H3,(H,17,18)/t13-,14+/m1/s1. The number of hydrogen-bond donors (Lipinski definition) is 1. The van der Waals surface area contributed by atoms with Crippen molar-refractivity contribution >= 4 is 27.5 Å². The molecule has 1 aromatic rings. The fourth-order valence-electron chi connectivity index (χ4n) is 2.32. The van der Waals surface area contributed by atoms with Gasteiger partial charge in [-0.1, -0.05) is 17.7 Å². The van der Waals surface area contributed by atoms with Crippen LogP contribution in [0.25, 0.3) is 0 Å². The number of carbonyl (C=O) groups is 1. The van der Waals surface area contributed by atoms with E-state index in [9.17, 15) is 13.2 Å². The molecule has 0 aliphatic carbocycles. The Morgan fingerprint density at radius 2 is 2.09 bits per heavy atom. The summed E-state index contributed by atoms with van der Waals surface area (Å²) in [5, 5.41) is 2.60. The summed E-state index contributed by atoms with van der Waals surface area (Å²) in [5.74, 6) is 1.65. The van der Waals surface area contributed by atoms with Gasteiger partial charge in [-0.05, 0) is 32.4 Å². The van der Waals surface area contributed by atoms with E-state index in [-0.39, 0.29) is 28.7 Å². The van der Waals surface area contributed by atoms with Crippen LogP contribution in [0.2, 0.25) is 0 Å². The maximum absolute atomic E-state index is 12.0. The molecule has 0 spiro atoms. The lowest BCUT2D eigenvalue weighted by Gasteiger charge is -2.15. The van der Waals surface area contributed by atoms with Crippen LogP contribution in [0.4, 0.5) is 0 Å². The summed E-state index contributed by atoms with van der Waals surface area (Å²) in [5.41, 5.74) is 1.19. The molecule has 7 heteroatoms. The molecule has 23 heavy (non-hydrogen) atoms. The molecule has 5 nitrogen and oxygen atoms in total. The molecular weight excluding hydrogens is 334 g/mol. The molecular formula is C16H23NO4S2. The smallest absolute Gasteiger partial charge is 0.233 e. The van der Waals surface area contributed by atoms with Gasteiger partial charge in [-0.15, -0.1) is 11.8 Å². The van der Waals surface area contributed by atoms with Gasteiger partial charge in [0.05, 0.1) is 23.4 Å². The lowest BCUT2D eigenvalue weighted by atomic mass is 10.2. The zero-order valence-corrected chi connectivity index (χ0v) is 15.1. The SMILES string of the molecule is Cc1ccc(OCCS[C@H](C)C(=O)N[C@H]2CCS(=O)(=O)C2)cc1. The first-order chi connectivity index (χ1) is 10.9. The Balaban J connectivity index is 1.65. The van der Waals surface area contributed by atoms with Gasteiger partial charge < -0.3 is 10.1 Å². The van der Waals surface area contributed by atoms with Crippen molar-refractivity contribution in [1.82, 2.24) is 5.32 Å². The van der Waals surface area contributed by atoms with Gasteiger partial charge in [0.1, 0.15) is 5.75 Å². The predicted octanol–water partition coefficient (Wildman–Crippen LogP) is 1.80. The normalized spacial score (nSPS) is 20.9. The molecule has 0 radical (unpaired) electrons. The number of carbonyl (C=O) groups excluding carboxylic acids is 1. The Morgan fingerprint density at radius 1 is 1.39 bits per heavy atom. The fraction of sp³-hybridized carbons (Fsp3) is 0.562. The van der Waals surface area contributed by atoms with Crippen molar-refractivity contribution in [2.24, 2.45) is 0 Å². The zero-order chi connectivity index (χ0) is 16.9. The number of ether oxygens (including phenoxy) is 1. The van der Waals surface area contributed by atoms with E-state index >= 15 is 0 Å². The summed E-state index contributed by atoms with van der Waals surface area (Å²) in [6.07, 6.45) is 0.516. The van der Waals surface area contributed by atoms with Crippen LogP contribution in [0.3, 0.4) is 0 Å². The highest BCUT2D eigenvalue weighted by Crippen LogP contribution is 2.16. The second kappa shape index (κ2) is 8.06. The van der Waals surface area contributed by atoms with Crippen molar-refractivity contribution in [3.8, 4) is 5.75 Å². The van der Waals surface area contributed by atoms with Crippen LogP contribution in [0.15, 0.2) is 24.3 Å². The average Bonchev–Trinajstić information content (AvgIpc) is 2.84. The number of aryl methyl sites for hydroxylation is 1. The minimum atomic E-state index is -2.96. The quantitative estimate of drug-likeness (QED) is 0.754. The summed E-state index contributed by atoms with van der Waals surface area (Å²) < 4.78 is 28.4. The van der Waals surface area contributed by atoms with Crippen LogP contribution < -0.4 is 10.1 Å². The molecule has 0 aromatic heterocycles. The van der Waals surface area contributed by atoms with Gasteiger partial charge in [-0.2, -0.15) is 0 Å². The molecule has 0 saturated carbocycles. The van der Waals surface area contributed by atoms with Crippen molar-refractivity contribution in [1.29, 1.82) is 0 Å². The summed E-state index contributed by atoms with van der Waals surface area (Å²) in [6.45, 7) is 4.38. The molecule has 1 fully saturated rings. The monoisotopic (exact) mass is 357 g/mol. The first-order valence-corrected chi connectivity index (χ1v) is 10.5. The summed E-state index contributed by atoms with van der Waals surface area (Å²) in [6, 6.07) is 7.61. The Bertz CT molecular complexity index is 628. The Labute approximate surface area is 142 Å². The largest absolute Gasteiger partial charge is 0.493 e. The van der Waals surface area contributed by atoms with E-state index in [0.29, 0.717) is 18.8 Å². The van der Waals surface area contributed by atoms with Crippen molar-refractivity contribution in [3.05, 3.63) is 29.8 Å². The van der Waals surface area contributed by atoms with Crippen LogP contribution in [-0.2, 0) is 14.6 Å². The highest BCUT2D eigenvalue weighted by molar-refractivity contribution is 8.00. The molecule has 1 saturated heterocycles. The van der Waals surface area contributed by atoms with Gasteiger partial charge >= 0.3 is 0 Å². The van der Waals surface area contributed by atoms with Crippen molar-refractivity contribution < 1.29 is 17.9 Å². The fourth-order valence-corrected chi connectivity index (χ4v) is 4.75. The second-order valence-corrected chi connectivity index (χ2v) is 9.46. The highest BCUT2D eigenvalue weighted by atomic mass is 32.2. The number of thioether (sulfide) groups is 1. The molecule has 2 rings (SSSR count). The van der Waals surface area contributed by atoms with Crippen molar-refractivity contribution in [3.63, 3.8) is 0 Å². The molecule has 1 N–H and O–H groups in total. The Morgan fingerprint density at radius 3 is 2.70 bits per heavy atom. The predicted molar refractivity (Wildman–Crippen MR) is 93.8 cm³/mol. The number of amides is 1. The highest BCUT2D eigenvalue weighted by Gasteiger charge is 2.29. The second-order valence-electron chi connectivity index (χ2n) is 5.78. The first-order valence-electron chi connectivity index (χ1n) is 7.67. The summed E-state index contributed by atoms with van der Waals surface area (Å²) in [7, 11) is -2.96. The number of sulfone groups is 1. The topological polar surface area (TPSA) is 72.5 Å². The van der Waals surface area contributed by atoms with E-state index in [4.69, 9.17) is 4.74 Å². The lowest BCUT2D eigenvalue weighted by molar-refractivity contribution is -0.120. The first kappa shape index (κ1) is 18.1. The van der Waals surface area contributed by atoms with Gasteiger partial charge in [0, 0.05) is 11.8 Å². The van der Waals surface area contributed by atoms with E-state index in [1.165, 1.54) is 17.3 Å². The molecule has 1 aliphatic heterocycles. The van der Waals surface area contributed by atoms with Crippen LogP contribution in [0, 0.1) is 6.92 Å². The molecule has 1 aliphatic rings. The lowest BCUT2D eigenvalue weighted by Crippen LogP contribution is -2.40. The summed E-state index contributed by atoms with van der Waals surface area (Å²) >= 11 is 1.50. The Kier molecular flexibility index (Phi) is 6.35. The minimum Gasteiger partial charge on any atom is -0.493 e. The van der Waals surface area contributed by atoms with Crippen LogP contribution in [0.5, 0.6) is 5.75 Å². The van der Waals surface area contributed by atoms with Gasteiger partial charge in [0.25, 0.3) is 0 Å². The molecule has 1 aromatic carbocycles. The maximum atomic E-state index is 12.0.